The Labute approximate surface area is 726 Å². The lowest BCUT2D eigenvalue weighted by Gasteiger charge is -2.37. The minimum Gasteiger partial charge on any atom is -0.487 e. The molecule has 4 aromatic carbocycles. The number of hydrogen-bond donors (Lipinski definition) is 15. The first-order chi connectivity index (χ1) is 58.3. The van der Waals surface area contributed by atoms with Crippen molar-refractivity contribution in [1.29, 1.82) is 5.41 Å². The minimum absolute atomic E-state index is 0.0232. The molecule has 12 amide bonds. The molecule has 0 saturated carbocycles. The SMILES string of the molecule is CCC(C)[C@@H]1NC(=O)[C@H](COC(C)(C)C)NC(=O)C(NC(=O)CNC(=O)[C@H](CCCCNC(=O)OC(C)(C)C)NC(C)=O)CCCCn2cc(nn2)C[C@@H](C(=O)N[C@@H](CC(C)C)C(=O)N[C@@H](CCCNC(=N)NS(=O)(=O)c2c(C)c(C)c3c(c2C)CC(C)(C)O3)C(N)=O)NC(=O)[C@H](CCC(=O)NC(c2ccccc2)(c2ccccc2)c2ccccc2)NC1=O. The lowest BCUT2D eigenvalue weighted by molar-refractivity contribution is -0.138. The molecular formula is C88H128N18O17S. The molecule has 35 nitrogen and oxygen atoms in total. The molecule has 1 aromatic heterocycles. The van der Waals surface area contributed by atoms with Gasteiger partial charge in [-0.3, -0.25) is 62.8 Å². The molecule has 0 spiro atoms. The molecule has 124 heavy (non-hydrogen) atoms. The van der Waals surface area contributed by atoms with Gasteiger partial charge in [0.1, 0.15) is 70.8 Å². The first kappa shape index (κ1) is 99.5. The summed E-state index contributed by atoms with van der Waals surface area (Å²) >= 11 is 0. The number of guanidine groups is 1. The van der Waals surface area contributed by atoms with E-state index in [4.69, 9.17) is 25.4 Å². The summed E-state index contributed by atoms with van der Waals surface area (Å²) in [5.74, 6) is -10.1. The Hall–Kier alpha value is -11.6. The molecule has 2 bridgehead atoms. The Morgan fingerprint density at radius 3 is 1.86 bits per heavy atom. The monoisotopic (exact) mass is 1740 g/mol. The van der Waals surface area contributed by atoms with Gasteiger partial charge in [0.05, 0.1) is 29.3 Å². The molecule has 0 aliphatic carbocycles. The number of primary amides is 1. The van der Waals surface area contributed by atoms with Crippen LogP contribution in [-0.4, -0.2) is 192 Å². The van der Waals surface area contributed by atoms with Gasteiger partial charge >= 0.3 is 6.09 Å². The molecule has 5 aromatic rings. The second kappa shape index (κ2) is 45.2. The van der Waals surface area contributed by atoms with E-state index < -0.39 is 196 Å². The van der Waals surface area contributed by atoms with Crippen LogP contribution in [-0.2, 0) is 97.2 Å². The summed E-state index contributed by atoms with van der Waals surface area (Å²) in [5.41, 5.74) is 6.93. The van der Waals surface area contributed by atoms with E-state index in [0.717, 1.165) is 5.56 Å². The molecule has 36 heteroatoms. The normalized spacial score (nSPS) is 18.3. The Balaban J connectivity index is 1.19. The fourth-order valence-corrected chi connectivity index (χ4v) is 16.2. The van der Waals surface area contributed by atoms with Gasteiger partial charge < -0.3 is 83.7 Å². The molecule has 0 fully saturated rings. The number of ether oxygens (including phenoxy) is 3. The second-order valence-electron chi connectivity index (χ2n) is 34.9. The summed E-state index contributed by atoms with van der Waals surface area (Å²) in [5, 5.41) is 50.3. The average Bonchev–Trinajstić information content (AvgIpc) is 1.51. The maximum atomic E-state index is 15.7. The zero-order valence-electron chi connectivity index (χ0n) is 74.2. The third kappa shape index (κ3) is 29.9. The van der Waals surface area contributed by atoms with E-state index in [1.54, 1.807) is 90.0 Å². The number of nitrogens with zero attached hydrogens (tertiary/aromatic N) is 3. The molecule has 0 radical (unpaired) electrons. The Kier molecular flexibility index (Phi) is 36.3. The molecule has 2 aliphatic rings. The van der Waals surface area contributed by atoms with E-state index in [0.29, 0.717) is 58.4 Å². The zero-order valence-corrected chi connectivity index (χ0v) is 75.0. The quantitative estimate of drug-likeness (QED) is 0.0112. The van der Waals surface area contributed by atoms with Gasteiger partial charge in [0.25, 0.3) is 10.0 Å². The zero-order chi connectivity index (χ0) is 91.6. The molecule has 2 unspecified atom stereocenters. The van der Waals surface area contributed by atoms with Crippen molar-refractivity contribution in [1.82, 2.24) is 83.5 Å². The highest BCUT2D eigenvalue weighted by Gasteiger charge is 2.42. The van der Waals surface area contributed by atoms with Gasteiger partial charge in [-0.15, -0.1) is 5.10 Å². The van der Waals surface area contributed by atoms with Crippen molar-refractivity contribution in [2.75, 3.05) is 26.2 Å². The number of sulfonamides is 1. The van der Waals surface area contributed by atoms with Gasteiger partial charge in [0.15, 0.2) is 0 Å². The number of alkyl carbamates (subject to hydrolysis) is 1. The number of fused-ring (bicyclic) bond motifs is 3. The lowest BCUT2D eigenvalue weighted by atomic mass is 9.77. The van der Waals surface area contributed by atoms with Gasteiger partial charge in [-0.2, -0.15) is 0 Å². The van der Waals surface area contributed by atoms with Gasteiger partial charge in [-0.25, -0.2) is 17.9 Å². The summed E-state index contributed by atoms with van der Waals surface area (Å²) < 4.78 is 49.3. The number of rotatable bonds is 34. The highest BCUT2D eigenvalue weighted by atomic mass is 32.2. The molecule has 3 heterocycles. The van der Waals surface area contributed by atoms with Crippen LogP contribution < -0.4 is 79.0 Å². The van der Waals surface area contributed by atoms with Crippen LogP contribution in [0.1, 0.15) is 212 Å². The van der Waals surface area contributed by atoms with Gasteiger partial charge in [-0.05, 0) is 186 Å². The van der Waals surface area contributed by atoms with Crippen LogP contribution in [0.4, 0.5) is 4.79 Å². The number of unbranched alkanes of at least 4 members (excludes halogenated alkanes) is 1. The first-order valence-electron chi connectivity index (χ1n) is 42.4. The molecule has 2 aliphatic heterocycles. The van der Waals surface area contributed by atoms with Crippen LogP contribution in [0.2, 0.25) is 0 Å². The van der Waals surface area contributed by atoms with E-state index in [-0.39, 0.29) is 87.5 Å². The summed E-state index contributed by atoms with van der Waals surface area (Å²) in [6, 6.07) is 16.0. The molecule has 16 N–H and O–H groups in total. The number of aromatic nitrogens is 3. The van der Waals surface area contributed by atoms with Crippen molar-refractivity contribution in [2.24, 2.45) is 17.6 Å². The van der Waals surface area contributed by atoms with Crippen LogP contribution in [0.15, 0.2) is 102 Å². The van der Waals surface area contributed by atoms with Crippen LogP contribution in [0.3, 0.4) is 0 Å². The maximum absolute atomic E-state index is 15.7. The number of hydrogen-bond acceptors (Lipinski definition) is 20. The van der Waals surface area contributed by atoms with Gasteiger partial charge in [0.2, 0.25) is 70.9 Å². The van der Waals surface area contributed by atoms with Crippen molar-refractivity contribution in [3.63, 3.8) is 0 Å². The van der Waals surface area contributed by atoms with Crippen molar-refractivity contribution in [2.45, 2.75) is 283 Å². The molecular weight excluding hydrogens is 1610 g/mol. The second-order valence-corrected chi connectivity index (χ2v) is 36.5. The van der Waals surface area contributed by atoms with E-state index >= 15 is 24.0 Å². The number of nitrogens with two attached hydrogens (primary N) is 1. The predicted octanol–water partition coefficient (Wildman–Crippen LogP) is 4.92. The first-order valence-corrected chi connectivity index (χ1v) is 43.9. The summed E-state index contributed by atoms with van der Waals surface area (Å²) in [6.07, 6.45) is 1.45. The van der Waals surface area contributed by atoms with E-state index in [9.17, 15) is 42.0 Å². The minimum atomic E-state index is -4.31. The van der Waals surface area contributed by atoms with Crippen LogP contribution >= 0.6 is 0 Å². The number of benzene rings is 4. The van der Waals surface area contributed by atoms with Crippen LogP contribution in [0, 0.1) is 38.0 Å². The number of carbonyl (C=O) groups is 12. The molecule has 9 atom stereocenters. The maximum Gasteiger partial charge on any atom is 0.407 e. The van der Waals surface area contributed by atoms with E-state index in [2.05, 4.69) is 78.8 Å². The van der Waals surface area contributed by atoms with Crippen LogP contribution in [0.25, 0.3) is 0 Å². The lowest BCUT2D eigenvalue weighted by Crippen LogP contribution is -2.62. The Morgan fingerprint density at radius 1 is 0.685 bits per heavy atom. The highest BCUT2D eigenvalue weighted by Crippen LogP contribution is 2.44. The summed E-state index contributed by atoms with van der Waals surface area (Å²) in [4.78, 5) is 172. The topological polar surface area (TPSA) is 504 Å². The molecule has 678 valence electrons. The fourth-order valence-electron chi connectivity index (χ4n) is 14.7. The van der Waals surface area contributed by atoms with Crippen LogP contribution in [0.5, 0.6) is 5.75 Å². The third-order valence-corrected chi connectivity index (χ3v) is 22.9. The third-order valence-electron chi connectivity index (χ3n) is 21.2. The summed E-state index contributed by atoms with van der Waals surface area (Å²) in [7, 11) is -4.31. The summed E-state index contributed by atoms with van der Waals surface area (Å²) in [6.45, 7) is 26.6. The van der Waals surface area contributed by atoms with Crippen molar-refractivity contribution >= 4 is 87.1 Å². The molecule has 7 rings (SSSR count). The van der Waals surface area contributed by atoms with E-state index in [1.807, 2.05) is 105 Å². The number of nitrogens with one attached hydrogen (secondary N) is 14. The van der Waals surface area contributed by atoms with Gasteiger partial charge in [0, 0.05) is 57.6 Å². The average molecular weight is 1740 g/mol. The Morgan fingerprint density at radius 2 is 1.28 bits per heavy atom. The highest BCUT2D eigenvalue weighted by molar-refractivity contribution is 7.90. The standard InChI is InChI=1S/C88H128N18O17S/c1-17-53(4)72-82(117)97-66(41-42-70(108)102-88(58-32-21-18-22-33-58,59-34-23-19-24-35-59)60-36-25-20-26-37-60)78(113)99-68(80(115)98-67(46-52(2)3)79(114)96-63(75(89)110)40-31-44-91-83(90)104-124(119,120)74-55(6)54(5)73-62(56(74)7)48-87(15,16)122-73)47-61-50-106(105-103-61)45-30-28-39-65(77(112)100-69(81(116)101-72)51-121-85(9,10)11)95-71(109)49-93-76(111)64(94-57(8)107)38-27-29-43-92-84(118)123-86(12,13)14/h18-26,32-37,50,52-53,63-69,72H,17,27-31,38-49,51H2,1-16H3,(H2,89,110)(H,92,118)(H,93,111)(H,94,107)(H,95,109)(H,96,114)(H,97,117)(H,98,115)(H,99,113)(H,100,112)(H,101,116)(H,102,108)(H3,90,91,104)/t53?,63-,64-,65?,66-,67-,68-,69-,72-/m0/s1. The fraction of sp³-hybridized carbons (Fsp3) is 0.557. The number of amides is 12. The van der Waals surface area contributed by atoms with Crippen molar-refractivity contribution < 1.29 is 80.2 Å². The smallest absolute Gasteiger partial charge is 0.407 e. The predicted molar refractivity (Wildman–Crippen MR) is 465 cm³/mol. The van der Waals surface area contributed by atoms with Crippen molar-refractivity contribution in [3.8, 4) is 5.75 Å². The number of aryl methyl sites for hydroxylation is 1. The molecule has 0 saturated heterocycles. The Bertz CT molecular complexity index is 4590. The van der Waals surface area contributed by atoms with Gasteiger partial charge in [-0.1, -0.05) is 130 Å². The van der Waals surface area contributed by atoms with Crippen molar-refractivity contribution in [3.05, 3.63) is 142 Å². The number of carbonyl (C=O) groups excluding carboxylic acids is 12. The van der Waals surface area contributed by atoms with E-state index in [1.165, 1.54) is 17.8 Å². The largest absolute Gasteiger partial charge is 0.487 e.